The Bertz CT molecular complexity index is 245. The first-order chi connectivity index (χ1) is 7.81. The summed E-state index contributed by atoms with van der Waals surface area (Å²) >= 11 is 0. The molecule has 0 N–H and O–H groups in total. The molecule has 0 rings (SSSR count). The SMILES string of the molecule is C=COCC[Si]([Si](C)(C)C)([Si](C)(C)C)[Si](C)(C)C. The van der Waals surface area contributed by atoms with Crippen LogP contribution >= 0.6 is 0 Å². The fourth-order valence-corrected chi connectivity index (χ4v) is 103. The molecule has 0 heterocycles. The molecule has 108 valence electrons. The fourth-order valence-electron chi connectivity index (χ4n) is 4.80. The maximum absolute atomic E-state index is 5.54. The molecule has 0 saturated heterocycles. The maximum atomic E-state index is 5.54. The Labute approximate surface area is 118 Å². The molecule has 0 radical (unpaired) electrons. The van der Waals surface area contributed by atoms with Gasteiger partial charge in [0, 0.05) is 29.4 Å². The zero-order valence-corrected chi connectivity index (χ0v) is 18.1. The highest BCUT2D eigenvalue weighted by molar-refractivity contribution is 7.89. The molecule has 0 atom stereocenters. The summed E-state index contributed by atoms with van der Waals surface area (Å²) in [5.74, 6) is 0. The predicted octanol–water partition coefficient (Wildman–Crippen LogP) is 4.85. The van der Waals surface area contributed by atoms with Crippen molar-refractivity contribution in [1.29, 1.82) is 0 Å². The lowest BCUT2D eigenvalue weighted by Gasteiger charge is -2.57. The predicted molar refractivity (Wildman–Crippen MR) is 96.7 cm³/mol. The Hall–Kier alpha value is 0.408. The van der Waals surface area contributed by atoms with Crippen molar-refractivity contribution in [2.75, 3.05) is 6.61 Å². The molecule has 0 aliphatic heterocycles. The highest BCUT2D eigenvalue weighted by Gasteiger charge is 2.60. The number of hydrogen-bond donors (Lipinski definition) is 0. The summed E-state index contributed by atoms with van der Waals surface area (Å²) < 4.78 is 5.54. The molecular weight excluding hydrogens is 284 g/mol. The quantitative estimate of drug-likeness (QED) is 0.370. The molecule has 0 saturated carbocycles. The van der Waals surface area contributed by atoms with Crippen LogP contribution in [0.2, 0.25) is 65.0 Å². The lowest BCUT2D eigenvalue weighted by Crippen LogP contribution is -2.82. The van der Waals surface area contributed by atoms with Crippen LogP contribution in [-0.2, 0) is 4.74 Å². The van der Waals surface area contributed by atoms with Crippen LogP contribution in [0.5, 0.6) is 0 Å². The summed E-state index contributed by atoms with van der Waals surface area (Å²) in [6.45, 7) is 27.1. The van der Waals surface area contributed by atoms with E-state index >= 15 is 0 Å². The lowest BCUT2D eigenvalue weighted by molar-refractivity contribution is 0.270. The van der Waals surface area contributed by atoms with Gasteiger partial charge in [-0.1, -0.05) is 65.5 Å². The second kappa shape index (κ2) is 5.81. The van der Waals surface area contributed by atoms with E-state index in [9.17, 15) is 0 Å². The average Bonchev–Trinajstić information content (AvgIpc) is 2.05. The van der Waals surface area contributed by atoms with E-state index in [2.05, 4.69) is 65.5 Å². The van der Waals surface area contributed by atoms with Crippen LogP contribution in [0.1, 0.15) is 0 Å². The van der Waals surface area contributed by atoms with Gasteiger partial charge in [0.05, 0.1) is 12.9 Å². The molecule has 0 aromatic heterocycles. The van der Waals surface area contributed by atoms with Gasteiger partial charge in [0.1, 0.15) is 0 Å². The molecule has 0 aromatic carbocycles. The van der Waals surface area contributed by atoms with E-state index < -0.39 is 29.4 Å². The van der Waals surface area contributed by atoms with E-state index in [1.807, 2.05) is 0 Å². The molecule has 0 unspecified atom stereocenters. The van der Waals surface area contributed by atoms with E-state index in [0.717, 1.165) is 6.61 Å². The van der Waals surface area contributed by atoms with Crippen molar-refractivity contribution in [1.82, 2.24) is 0 Å². The van der Waals surface area contributed by atoms with E-state index in [1.54, 1.807) is 6.26 Å². The Morgan fingerprint density at radius 1 is 0.778 bits per heavy atom. The van der Waals surface area contributed by atoms with Crippen LogP contribution < -0.4 is 0 Å². The summed E-state index contributed by atoms with van der Waals surface area (Å²) in [5.41, 5.74) is 0. The number of ether oxygens (including phenoxy) is 1. The molecule has 0 aromatic rings. The Kier molecular flexibility index (Phi) is 5.94. The normalized spacial score (nSPS) is 14.5. The van der Waals surface area contributed by atoms with Crippen molar-refractivity contribution in [3.63, 3.8) is 0 Å². The minimum Gasteiger partial charge on any atom is -0.502 e. The highest BCUT2D eigenvalue weighted by Crippen LogP contribution is 2.39. The van der Waals surface area contributed by atoms with Gasteiger partial charge in [-0.05, 0) is 6.04 Å². The average molecular weight is 319 g/mol. The molecule has 5 heteroatoms. The summed E-state index contributed by atoms with van der Waals surface area (Å²) in [7, 11) is -3.33. The topological polar surface area (TPSA) is 9.23 Å². The van der Waals surface area contributed by atoms with Gasteiger partial charge in [0.25, 0.3) is 0 Å². The molecule has 0 spiro atoms. The van der Waals surface area contributed by atoms with Gasteiger partial charge < -0.3 is 4.74 Å². The molecule has 18 heavy (non-hydrogen) atoms. The van der Waals surface area contributed by atoms with Gasteiger partial charge >= 0.3 is 0 Å². The van der Waals surface area contributed by atoms with Gasteiger partial charge in [-0.15, -0.1) is 0 Å². The standard InChI is InChI=1S/C13H34OSi4/c1-11-14-12-13-18(15(2,3)4,16(5,6)7)17(8,9)10/h11H,1,12-13H2,2-10H3. The second-order valence-electron chi connectivity index (χ2n) is 8.44. The monoisotopic (exact) mass is 318 g/mol. The molecule has 0 aliphatic carbocycles. The molecule has 1 nitrogen and oxygen atoms in total. The van der Waals surface area contributed by atoms with Crippen LogP contribution in [0.15, 0.2) is 12.8 Å². The van der Waals surface area contributed by atoms with Crippen molar-refractivity contribution in [2.45, 2.75) is 65.0 Å². The maximum Gasteiger partial charge on any atom is 0.0843 e. The van der Waals surface area contributed by atoms with E-state index in [0.29, 0.717) is 0 Å². The first-order valence-electron chi connectivity index (χ1n) is 7.04. The first-order valence-corrected chi connectivity index (χ1v) is 22.7. The van der Waals surface area contributed by atoms with Crippen molar-refractivity contribution >= 4 is 29.4 Å². The Balaban J connectivity index is 5.67. The summed E-state index contributed by atoms with van der Waals surface area (Å²) in [5, 5.41) is 0. The smallest absolute Gasteiger partial charge is 0.0843 e. The van der Waals surface area contributed by atoms with Gasteiger partial charge in [-0.2, -0.15) is 0 Å². The minimum atomic E-state index is -1.19. The largest absolute Gasteiger partial charge is 0.502 e. The Morgan fingerprint density at radius 3 is 1.33 bits per heavy atom. The van der Waals surface area contributed by atoms with Crippen LogP contribution in [0.25, 0.3) is 0 Å². The van der Waals surface area contributed by atoms with Crippen molar-refractivity contribution in [3.8, 4) is 0 Å². The van der Waals surface area contributed by atoms with Crippen molar-refractivity contribution in [3.05, 3.63) is 12.8 Å². The fraction of sp³-hybridized carbons (Fsp3) is 0.846. The third kappa shape index (κ3) is 3.49. The Morgan fingerprint density at radius 2 is 1.11 bits per heavy atom. The van der Waals surface area contributed by atoms with Crippen molar-refractivity contribution in [2.24, 2.45) is 0 Å². The van der Waals surface area contributed by atoms with E-state index in [1.165, 1.54) is 6.04 Å². The van der Waals surface area contributed by atoms with E-state index in [-0.39, 0.29) is 0 Å². The van der Waals surface area contributed by atoms with Crippen LogP contribution in [0.4, 0.5) is 0 Å². The molecular formula is C13H34OSi4. The summed E-state index contributed by atoms with van der Waals surface area (Å²) in [6.07, 6.45) is 1.62. The number of hydrogen-bond acceptors (Lipinski definition) is 1. The van der Waals surface area contributed by atoms with Crippen molar-refractivity contribution < 1.29 is 4.74 Å². The number of rotatable bonds is 7. The molecule has 0 amide bonds. The van der Waals surface area contributed by atoms with Crippen LogP contribution in [0.3, 0.4) is 0 Å². The minimum absolute atomic E-state index is 0.911. The van der Waals surface area contributed by atoms with Crippen LogP contribution in [0, 0.1) is 0 Å². The van der Waals surface area contributed by atoms with Crippen LogP contribution in [-0.4, -0.2) is 36.0 Å². The summed E-state index contributed by atoms with van der Waals surface area (Å²) in [6, 6.07) is 1.38. The summed E-state index contributed by atoms with van der Waals surface area (Å²) in [4.78, 5) is 0. The molecule has 0 fully saturated rings. The van der Waals surface area contributed by atoms with Gasteiger partial charge in [-0.3, -0.25) is 0 Å². The third-order valence-corrected chi connectivity index (χ3v) is 79.0. The second-order valence-corrected chi connectivity index (χ2v) is 49.9. The highest BCUT2D eigenvalue weighted by atomic mass is 29.9. The van der Waals surface area contributed by atoms with E-state index in [4.69, 9.17) is 4.74 Å². The first kappa shape index (κ1) is 18.4. The molecule has 0 aliphatic rings. The molecule has 0 bridgehead atoms. The van der Waals surface area contributed by atoms with Gasteiger partial charge in [0.2, 0.25) is 0 Å². The zero-order valence-electron chi connectivity index (χ0n) is 14.1. The van der Waals surface area contributed by atoms with Gasteiger partial charge in [-0.25, -0.2) is 0 Å². The lowest BCUT2D eigenvalue weighted by atomic mass is 10.8. The zero-order chi connectivity index (χ0) is 14.8. The third-order valence-electron chi connectivity index (χ3n) is 4.55. The van der Waals surface area contributed by atoms with Gasteiger partial charge in [0.15, 0.2) is 0 Å².